The molecule has 4 rings (SSSR count). The Morgan fingerprint density at radius 3 is 2.28 bits per heavy atom. The molecule has 0 fully saturated rings. The number of ether oxygens (including phenoxy) is 1. The molecule has 1 aromatic heterocycles. The quantitative estimate of drug-likeness (QED) is 0.301. The minimum atomic E-state index is -4.54. The first-order valence-electron chi connectivity index (χ1n) is 12.2. The Kier molecular flexibility index (Phi) is 8.35. The zero-order valence-corrected chi connectivity index (χ0v) is 22.1. The summed E-state index contributed by atoms with van der Waals surface area (Å²) in [6.07, 6.45) is -2.35. The van der Waals surface area contributed by atoms with Crippen molar-refractivity contribution in [2.75, 3.05) is 13.2 Å². The smallest absolute Gasteiger partial charge is 0.380 e. The summed E-state index contributed by atoms with van der Waals surface area (Å²) in [6, 6.07) is 10.5. The molecule has 0 aliphatic carbocycles. The molecule has 0 N–H and O–H groups in total. The first-order chi connectivity index (χ1) is 17.2. The predicted octanol–water partition coefficient (Wildman–Crippen LogP) is 7.29. The summed E-state index contributed by atoms with van der Waals surface area (Å²) in [7, 11) is 0. The number of rotatable bonds is 8. The average molecular weight is 540 g/mol. The maximum absolute atomic E-state index is 13.3. The van der Waals surface area contributed by atoms with Crippen LogP contribution in [0.4, 0.5) is 13.2 Å². The van der Waals surface area contributed by atoms with E-state index in [1.165, 1.54) is 11.1 Å². The van der Waals surface area contributed by atoms with Crippen molar-refractivity contribution in [3.8, 4) is 5.69 Å². The zero-order chi connectivity index (χ0) is 26.0. The summed E-state index contributed by atoms with van der Waals surface area (Å²) in [5.74, 6) is 0. The fraction of sp³-hybridized carbons (Fsp3) is 0.444. The van der Waals surface area contributed by atoms with Gasteiger partial charge in [-0.05, 0) is 49.4 Å². The molecule has 0 radical (unpaired) electrons. The Hall–Kier alpha value is -2.06. The predicted molar refractivity (Wildman–Crippen MR) is 137 cm³/mol. The van der Waals surface area contributed by atoms with E-state index in [0.29, 0.717) is 32.6 Å². The third-order valence-corrected chi connectivity index (χ3v) is 7.31. The van der Waals surface area contributed by atoms with Gasteiger partial charge in [-0.2, -0.15) is 18.3 Å². The Morgan fingerprint density at radius 1 is 1.03 bits per heavy atom. The van der Waals surface area contributed by atoms with Crippen molar-refractivity contribution < 1.29 is 17.9 Å². The molecule has 4 nitrogen and oxygen atoms in total. The van der Waals surface area contributed by atoms with Crippen LogP contribution >= 0.6 is 23.2 Å². The summed E-state index contributed by atoms with van der Waals surface area (Å²) in [4.78, 5) is 2.41. The Labute approximate surface area is 220 Å². The van der Waals surface area contributed by atoms with Crippen LogP contribution < -0.4 is 0 Å². The molecular formula is C27H30Cl2F3N3O. The summed E-state index contributed by atoms with van der Waals surface area (Å²) in [6.45, 7) is 8.72. The number of fused-ring (bicyclic) bond motifs is 1. The van der Waals surface area contributed by atoms with E-state index in [0.717, 1.165) is 42.0 Å². The van der Waals surface area contributed by atoms with E-state index in [1.807, 2.05) is 20.8 Å². The highest BCUT2D eigenvalue weighted by atomic mass is 35.5. The van der Waals surface area contributed by atoms with Gasteiger partial charge in [0.2, 0.25) is 0 Å². The number of halogens is 5. The van der Waals surface area contributed by atoms with Crippen molar-refractivity contribution >= 4 is 23.2 Å². The highest BCUT2D eigenvalue weighted by molar-refractivity contribution is 6.37. The molecule has 2 aromatic carbocycles. The Balaban J connectivity index is 1.75. The molecule has 194 valence electrons. The van der Waals surface area contributed by atoms with Gasteiger partial charge < -0.3 is 4.74 Å². The van der Waals surface area contributed by atoms with Crippen molar-refractivity contribution in [1.29, 1.82) is 0 Å². The van der Waals surface area contributed by atoms with Crippen LogP contribution in [0.3, 0.4) is 0 Å². The van der Waals surface area contributed by atoms with Gasteiger partial charge in [-0.1, -0.05) is 61.3 Å². The summed E-state index contributed by atoms with van der Waals surface area (Å²) < 4.78 is 47.3. The minimum absolute atomic E-state index is 0.0812. The third-order valence-electron chi connectivity index (χ3n) is 6.74. The van der Waals surface area contributed by atoms with Gasteiger partial charge in [-0.3, -0.25) is 4.90 Å². The Morgan fingerprint density at radius 2 is 1.69 bits per heavy atom. The maximum atomic E-state index is 13.3. The van der Waals surface area contributed by atoms with E-state index in [2.05, 4.69) is 29.2 Å². The molecule has 1 aliphatic rings. The largest absolute Gasteiger partial charge is 0.416 e. The summed E-state index contributed by atoms with van der Waals surface area (Å²) in [5, 5.41) is 4.63. The lowest BCUT2D eigenvalue weighted by Crippen LogP contribution is -2.43. The number of benzene rings is 2. The van der Waals surface area contributed by atoms with E-state index in [-0.39, 0.29) is 21.8 Å². The van der Waals surface area contributed by atoms with Crippen LogP contribution in [0.5, 0.6) is 0 Å². The van der Waals surface area contributed by atoms with Crippen molar-refractivity contribution in [1.82, 2.24) is 14.7 Å². The van der Waals surface area contributed by atoms with Gasteiger partial charge in [-0.15, -0.1) is 0 Å². The van der Waals surface area contributed by atoms with Crippen LogP contribution in [0.15, 0.2) is 36.4 Å². The van der Waals surface area contributed by atoms with Crippen molar-refractivity contribution in [2.24, 2.45) is 0 Å². The lowest BCUT2D eigenvalue weighted by molar-refractivity contribution is -0.137. The standard InChI is InChI=1S/C27H30Cl2F3N3O/c1-4-24-21(15-34-14-18-10-8-7-9-17(18)11-20(34)16-36-6-3)25(5-2)35(33-24)26-22(28)12-19(13-23(26)29)27(30,31)32/h7-10,12-13,20H,4-6,11,14-16H2,1-3H3. The topological polar surface area (TPSA) is 30.3 Å². The monoisotopic (exact) mass is 539 g/mol. The zero-order valence-electron chi connectivity index (χ0n) is 20.6. The first-order valence-corrected chi connectivity index (χ1v) is 13.0. The second-order valence-corrected chi connectivity index (χ2v) is 9.78. The van der Waals surface area contributed by atoms with Gasteiger partial charge in [0.1, 0.15) is 5.69 Å². The average Bonchev–Trinajstić information content (AvgIpc) is 3.18. The van der Waals surface area contributed by atoms with Crippen LogP contribution in [0.25, 0.3) is 5.69 Å². The van der Waals surface area contributed by atoms with Crippen LogP contribution in [0, 0.1) is 0 Å². The SMILES string of the molecule is CCOCC1Cc2ccccc2CN1Cc1c(CC)nn(-c2c(Cl)cc(C(F)(F)F)cc2Cl)c1CC. The molecule has 2 heterocycles. The lowest BCUT2D eigenvalue weighted by atomic mass is 9.93. The molecule has 0 saturated carbocycles. The molecule has 9 heteroatoms. The van der Waals surface area contributed by atoms with Gasteiger partial charge in [0.15, 0.2) is 0 Å². The van der Waals surface area contributed by atoms with Crippen molar-refractivity contribution in [3.63, 3.8) is 0 Å². The maximum Gasteiger partial charge on any atom is 0.416 e. The van der Waals surface area contributed by atoms with E-state index >= 15 is 0 Å². The van der Waals surface area contributed by atoms with E-state index < -0.39 is 11.7 Å². The van der Waals surface area contributed by atoms with Gasteiger partial charge >= 0.3 is 6.18 Å². The number of alkyl halides is 3. The van der Waals surface area contributed by atoms with Crippen LogP contribution in [0.1, 0.15) is 54.4 Å². The molecule has 0 spiro atoms. The van der Waals surface area contributed by atoms with Crippen LogP contribution in [-0.4, -0.2) is 33.9 Å². The lowest BCUT2D eigenvalue weighted by Gasteiger charge is -2.37. The van der Waals surface area contributed by atoms with Crippen LogP contribution in [-0.2, 0) is 43.3 Å². The normalized spacial score (nSPS) is 16.4. The van der Waals surface area contributed by atoms with Crippen LogP contribution in [0.2, 0.25) is 10.0 Å². The van der Waals surface area contributed by atoms with E-state index in [4.69, 9.17) is 33.0 Å². The molecule has 1 atom stereocenters. The minimum Gasteiger partial charge on any atom is -0.380 e. The van der Waals surface area contributed by atoms with Gasteiger partial charge in [-0.25, -0.2) is 4.68 Å². The highest BCUT2D eigenvalue weighted by Gasteiger charge is 2.33. The fourth-order valence-electron chi connectivity index (χ4n) is 4.93. The molecule has 3 aromatic rings. The number of hydrogen-bond donors (Lipinski definition) is 0. The number of aryl methyl sites for hydroxylation is 1. The van der Waals surface area contributed by atoms with Crippen molar-refractivity contribution in [2.45, 2.75) is 65.3 Å². The highest BCUT2D eigenvalue weighted by Crippen LogP contribution is 2.39. The van der Waals surface area contributed by atoms with Gasteiger partial charge in [0.05, 0.1) is 27.9 Å². The second-order valence-electron chi connectivity index (χ2n) is 8.97. The first kappa shape index (κ1) is 27.0. The summed E-state index contributed by atoms with van der Waals surface area (Å²) >= 11 is 12.7. The molecule has 0 bridgehead atoms. The molecule has 0 amide bonds. The number of aromatic nitrogens is 2. The second kappa shape index (κ2) is 11.1. The molecule has 0 saturated heterocycles. The molecule has 1 unspecified atom stereocenters. The third kappa shape index (κ3) is 5.44. The fourth-order valence-corrected chi connectivity index (χ4v) is 5.58. The number of hydrogen-bond acceptors (Lipinski definition) is 3. The Bertz CT molecular complexity index is 1200. The van der Waals surface area contributed by atoms with Gasteiger partial charge in [0, 0.05) is 37.0 Å². The van der Waals surface area contributed by atoms with E-state index in [1.54, 1.807) is 4.68 Å². The molecule has 36 heavy (non-hydrogen) atoms. The summed E-state index contributed by atoms with van der Waals surface area (Å²) in [5.41, 5.74) is 4.86. The van der Waals surface area contributed by atoms with E-state index in [9.17, 15) is 13.2 Å². The number of nitrogens with zero attached hydrogens (tertiary/aromatic N) is 3. The molecule has 1 aliphatic heterocycles. The molecular weight excluding hydrogens is 510 g/mol. The van der Waals surface area contributed by atoms with Gasteiger partial charge in [0.25, 0.3) is 0 Å². The van der Waals surface area contributed by atoms with Crippen molar-refractivity contribution in [3.05, 3.63) is 80.1 Å².